The summed E-state index contributed by atoms with van der Waals surface area (Å²) in [5.74, 6) is 0. The van der Waals surface area contributed by atoms with E-state index in [0.717, 1.165) is 13.1 Å². The van der Waals surface area contributed by atoms with Gasteiger partial charge in [0.2, 0.25) is 0 Å². The molecule has 1 atom stereocenters. The summed E-state index contributed by atoms with van der Waals surface area (Å²) in [6.45, 7) is 5.35. The van der Waals surface area contributed by atoms with Crippen molar-refractivity contribution in [3.05, 3.63) is 29.6 Å². The van der Waals surface area contributed by atoms with Gasteiger partial charge in [0.05, 0.1) is 0 Å². The Morgan fingerprint density at radius 3 is 3.06 bits per heavy atom. The molecular weight excluding hydrogens is 210 g/mol. The molecule has 1 aliphatic heterocycles. The number of hydrogen-bond acceptors (Lipinski definition) is 3. The van der Waals surface area contributed by atoms with Gasteiger partial charge >= 0.3 is 0 Å². The topological polar surface area (TPSA) is 28.2 Å². The Hall–Kier alpha value is -0.930. The van der Waals surface area contributed by atoms with Crippen molar-refractivity contribution in [1.29, 1.82) is 0 Å². The van der Waals surface area contributed by atoms with E-state index in [1.807, 2.05) is 12.4 Å². The second kappa shape index (κ2) is 6.12. The highest BCUT2D eigenvalue weighted by molar-refractivity contribution is 5.16. The molecule has 0 radical (unpaired) electrons. The zero-order valence-corrected chi connectivity index (χ0v) is 10.9. The fraction of sp³-hybridized carbons (Fsp3) is 0.643. The predicted octanol–water partition coefficient (Wildman–Crippen LogP) is 1.96. The highest BCUT2D eigenvalue weighted by Crippen LogP contribution is 2.14. The van der Waals surface area contributed by atoms with E-state index < -0.39 is 0 Å². The number of likely N-dealkylation sites (tertiary alicyclic amines) is 1. The van der Waals surface area contributed by atoms with Crippen molar-refractivity contribution in [2.24, 2.45) is 0 Å². The van der Waals surface area contributed by atoms with Crippen LogP contribution in [0.1, 0.15) is 30.4 Å². The molecule has 0 amide bonds. The van der Waals surface area contributed by atoms with Crippen molar-refractivity contribution in [3.8, 4) is 0 Å². The Labute approximate surface area is 104 Å². The van der Waals surface area contributed by atoms with Crippen molar-refractivity contribution in [3.63, 3.8) is 0 Å². The molecule has 1 unspecified atom stereocenters. The third-order valence-electron chi connectivity index (χ3n) is 3.56. The lowest BCUT2D eigenvalue weighted by molar-refractivity contribution is 0.181. The second-order valence-corrected chi connectivity index (χ2v) is 5.13. The molecule has 1 fully saturated rings. The van der Waals surface area contributed by atoms with Gasteiger partial charge in [0.25, 0.3) is 0 Å². The molecule has 0 spiro atoms. The summed E-state index contributed by atoms with van der Waals surface area (Å²) in [6, 6.07) is 2.91. The summed E-state index contributed by atoms with van der Waals surface area (Å²) < 4.78 is 0. The van der Waals surface area contributed by atoms with Gasteiger partial charge in [-0.2, -0.15) is 0 Å². The highest BCUT2D eigenvalue weighted by Gasteiger charge is 2.17. The van der Waals surface area contributed by atoms with Crippen molar-refractivity contribution in [2.45, 2.75) is 38.8 Å². The third-order valence-corrected chi connectivity index (χ3v) is 3.56. The van der Waals surface area contributed by atoms with Gasteiger partial charge in [-0.05, 0) is 44.5 Å². The lowest BCUT2D eigenvalue weighted by Crippen LogP contribution is -2.42. The molecule has 1 N–H and O–H groups in total. The van der Waals surface area contributed by atoms with Crippen LogP contribution >= 0.6 is 0 Å². The van der Waals surface area contributed by atoms with Crippen LogP contribution in [0.4, 0.5) is 0 Å². The second-order valence-electron chi connectivity index (χ2n) is 5.13. The van der Waals surface area contributed by atoms with E-state index in [1.54, 1.807) is 0 Å². The Balaban J connectivity index is 1.75. The van der Waals surface area contributed by atoms with E-state index in [-0.39, 0.29) is 0 Å². The number of rotatable bonds is 4. The summed E-state index contributed by atoms with van der Waals surface area (Å²) in [6.07, 6.45) is 7.91. The molecule has 2 rings (SSSR count). The Morgan fingerprint density at radius 2 is 2.29 bits per heavy atom. The van der Waals surface area contributed by atoms with E-state index in [1.165, 1.54) is 36.9 Å². The molecule has 1 saturated heterocycles. The van der Waals surface area contributed by atoms with Crippen LogP contribution in [0.5, 0.6) is 0 Å². The zero-order valence-electron chi connectivity index (χ0n) is 10.9. The highest BCUT2D eigenvalue weighted by atomic mass is 15.2. The minimum atomic E-state index is 0.710. The number of nitrogens with zero attached hydrogens (tertiary/aromatic N) is 2. The van der Waals surface area contributed by atoms with Crippen LogP contribution in [0.2, 0.25) is 0 Å². The molecule has 1 aromatic heterocycles. The maximum absolute atomic E-state index is 4.21. The van der Waals surface area contributed by atoms with E-state index in [9.17, 15) is 0 Å². The summed E-state index contributed by atoms with van der Waals surface area (Å²) >= 11 is 0. The van der Waals surface area contributed by atoms with Crippen LogP contribution in [-0.2, 0) is 6.54 Å². The molecule has 2 heterocycles. The van der Waals surface area contributed by atoms with Crippen LogP contribution in [0.25, 0.3) is 0 Å². The number of likely N-dealkylation sites (N-methyl/N-ethyl adjacent to an activating group) is 1. The fourth-order valence-electron chi connectivity index (χ4n) is 2.50. The number of piperidine rings is 1. The normalized spacial score (nSPS) is 21.6. The first kappa shape index (κ1) is 12.5. The minimum absolute atomic E-state index is 0.710. The lowest BCUT2D eigenvalue weighted by Gasteiger charge is -2.32. The summed E-state index contributed by atoms with van der Waals surface area (Å²) in [5, 5.41) is 3.55. The largest absolute Gasteiger partial charge is 0.311 e. The average molecular weight is 233 g/mol. The molecule has 1 aliphatic rings. The first-order valence-corrected chi connectivity index (χ1v) is 6.57. The molecule has 0 bridgehead atoms. The number of pyridine rings is 1. The quantitative estimate of drug-likeness (QED) is 0.861. The van der Waals surface area contributed by atoms with Gasteiger partial charge in [0, 0.05) is 31.5 Å². The van der Waals surface area contributed by atoms with Crippen molar-refractivity contribution in [1.82, 2.24) is 15.2 Å². The molecule has 17 heavy (non-hydrogen) atoms. The average Bonchev–Trinajstić information content (AvgIpc) is 2.32. The predicted molar refractivity (Wildman–Crippen MR) is 70.9 cm³/mol. The third kappa shape index (κ3) is 3.79. The smallest absolute Gasteiger partial charge is 0.0313 e. The summed E-state index contributed by atoms with van der Waals surface area (Å²) in [4.78, 5) is 6.69. The van der Waals surface area contributed by atoms with Crippen LogP contribution in [-0.4, -0.2) is 36.1 Å². The lowest BCUT2D eigenvalue weighted by atomic mass is 10.0. The van der Waals surface area contributed by atoms with Crippen LogP contribution in [0.15, 0.2) is 18.5 Å². The molecular formula is C14H23N3. The first-order chi connectivity index (χ1) is 8.25. The van der Waals surface area contributed by atoms with Gasteiger partial charge in [-0.25, -0.2) is 0 Å². The van der Waals surface area contributed by atoms with Gasteiger partial charge in [-0.3, -0.25) is 4.98 Å². The molecule has 0 aliphatic carbocycles. The van der Waals surface area contributed by atoms with Gasteiger partial charge in [0.15, 0.2) is 0 Å². The first-order valence-electron chi connectivity index (χ1n) is 6.57. The Bertz CT molecular complexity index is 351. The molecule has 94 valence electrons. The molecule has 3 nitrogen and oxygen atoms in total. The number of hydrogen-bond donors (Lipinski definition) is 1. The Kier molecular flexibility index (Phi) is 4.51. The summed E-state index contributed by atoms with van der Waals surface area (Å²) in [7, 11) is 2.24. The van der Waals surface area contributed by atoms with E-state index in [2.05, 4.69) is 35.2 Å². The molecule has 1 aromatic rings. The minimum Gasteiger partial charge on any atom is -0.311 e. The van der Waals surface area contributed by atoms with Gasteiger partial charge < -0.3 is 10.2 Å². The maximum Gasteiger partial charge on any atom is 0.0313 e. The van der Waals surface area contributed by atoms with Crippen molar-refractivity contribution < 1.29 is 0 Å². The number of aryl methyl sites for hydroxylation is 1. The fourth-order valence-corrected chi connectivity index (χ4v) is 2.50. The molecule has 0 saturated carbocycles. The molecule has 0 aromatic carbocycles. The SMILES string of the molecule is Cc1cncc(CNCC2CCCCN2C)c1. The van der Waals surface area contributed by atoms with Crippen molar-refractivity contribution in [2.75, 3.05) is 20.1 Å². The van der Waals surface area contributed by atoms with E-state index in [4.69, 9.17) is 0 Å². The van der Waals surface area contributed by atoms with E-state index >= 15 is 0 Å². The van der Waals surface area contributed by atoms with Gasteiger partial charge in [0.1, 0.15) is 0 Å². The van der Waals surface area contributed by atoms with Crippen LogP contribution in [0.3, 0.4) is 0 Å². The summed E-state index contributed by atoms with van der Waals surface area (Å²) in [5.41, 5.74) is 2.52. The Morgan fingerprint density at radius 1 is 1.41 bits per heavy atom. The number of nitrogens with one attached hydrogen (secondary N) is 1. The standard InChI is InChI=1S/C14H23N3/c1-12-7-13(9-15-8-12)10-16-11-14-5-3-4-6-17(14)2/h7-9,14,16H,3-6,10-11H2,1-2H3. The van der Waals surface area contributed by atoms with E-state index in [0.29, 0.717) is 6.04 Å². The zero-order chi connectivity index (χ0) is 12.1. The van der Waals surface area contributed by atoms with Crippen LogP contribution in [0, 0.1) is 6.92 Å². The van der Waals surface area contributed by atoms with Crippen LogP contribution < -0.4 is 5.32 Å². The maximum atomic E-state index is 4.21. The van der Waals surface area contributed by atoms with Gasteiger partial charge in [-0.1, -0.05) is 12.5 Å². The number of aromatic nitrogens is 1. The van der Waals surface area contributed by atoms with Gasteiger partial charge in [-0.15, -0.1) is 0 Å². The monoisotopic (exact) mass is 233 g/mol. The molecule has 3 heteroatoms. The van der Waals surface area contributed by atoms with Crippen molar-refractivity contribution >= 4 is 0 Å².